The molecule has 0 aromatic heterocycles. The van der Waals surface area contributed by atoms with E-state index in [1.54, 1.807) is 0 Å². The average molecular weight is 220 g/mol. The molecular weight excluding hydrogens is 217 g/mol. The van der Waals surface area contributed by atoms with Gasteiger partial charge in [0.15, 0.2) is 5.69 Å². The van der Waals surface area contributed by atoms with E-state index < -0.39 is 11.6 Å². The maximum Gasteiger partial charge on any atom is 0.150 e. The zero-order valence-corrected chi connectivity index (χ0v) is 6.80. The first-order valence-corrected chi connectivity index (χ1v) is 3.46. The third-order valence-corrected chi connectivity index (χ3v) is 1.72. The minimum Gasteiger partial charge on any atom is -0.505 e. The van der Waals surface area contributed by atoms with Crippen LogP contribution in [0.4, 0.5) is 10.1 Å². The van der Waals surface area contributed by atoms with E-state index in [1.165, 1.54) is 0 Å². The van der Waals surface area contributed by atoms with Gasteiger partial charge < -0.3 is 5.11 Å². The summed E-state index contributed by atoms with van der Waals surface area (Å²) in [7, 11) is 0. The molecular formula is C6H3BrFNO2. The number of phenols is 1. The summed E-state index contributed by atoms with van der Waals surface area (Å²) in [6, 6.07) is 1.93. The molecule has 0 saturated heterocycles. The van der Waals surface area contributed by atoms with Gasteiger partial charge in [-0.25, -0.2) is 4.39 Å². The van der Waals surface area contributed by atoms with Gasteiger partial charge in [0.1, 0.15) is 11.6 Å². The van der Waals surface area contributed by atoms with E-state index in [4.69, 9.17) is 5.11 Å². The second-order valence-corrected chi connectivity index (χ2v) is 2.70. The van der Waals surface area contributed by atoms with Gasteiger partial charge >= 0.3 is 0 Å². The van der Waals surface area contributed by atoms with Crippen molar-refractivity contribution in [2.24, 2.45) is 5.18 Å². The standard InChI is InChI=1S/C6H3BrFNO2/c7-3-1-5(9-11)6(10)2-4(3)8/h1-2,10H. The fraction of sp³-hybridized carbons (Fsp3) is 0. The highest BCUT2D eigenvalue weighted by molar-refractivity contribution is 9.10. The van der Waals surface area contributed by atoms with Crippen LogP contribution in [-0.2, 0) is 0 Å². The summed E-state index contributed by atoms with van der Waals surface area (Å²) in [4.78, 5) is 9.94. The number of nitrogens with zero attached hydrogens (tertiary/aromatic N) is 1. The highest BCUT2D eigenvalue weighted by Crippen LogP contribution is 2.31. The van der Waals surface area contributed by atoms with Crippen LogP contribution >= 0.6 is 15.9 Å². The van der Waals surface area contributed by atoms with E-state index in [-0.39, 0.29) is 10.2 Å². The van der Waals surface area contributed by atoms with E-state index in [2.05, 4.69) is 21.1 Å². The molecule has 0 spiro atoms. The lowest BCUT2D eigenvalue weighted by Gasteiger charge is -1.96. The van der Waals surface area contributed by atoms with Gasteiger partial charge in [0.2, 0.25) is 0 Å². The minimum absolute atomic E-state index is 0.102. The van der Waals surface area contributed by atoms with Crippen molar-refractivity contribution in [3.8, 4) is 5.75 Å². The molecule has 5 heteroatoms. The second-order valence-electron chi connectivity index (χ2n) is 1.85. The summed E-state index contributed by atoms with van der Waals surface area (Å²) in [5.74, 6) is -1.09. The lowest BCUT2D eigenvalue weighted by atomic mass is 10.3. The number of aromatic hydroxyl groups is 1. The molecule has 0 amide bonds. The van der Waals surface area contributed by atoms with Crippen molar-refractivity contribution in [1.82, 2.24) is 0 Å². The molecule has 0 saturated carbocycles. The number of phenolic OH excluding ortho intramolecular Hbond substituents is 1. The fourth-order valence-corrected chi connectivity index (χ4v) is 0.930. The molecule has 3 nitrogen and oxygen atoms in total. The Labute approximate surface area is 70.0 Å². The highest BCUT2D eigenvalue weighted by atomic mass is 79.9. The first-order valence-electron chi connectivity index (χ1n) is 2.66. The van der Waals surface area contributed by atoms with E-state index in [0.717, 1.165) is 12.1 Å². The predicted molar refractivity (Wildman–Crippen MR) is 41.2 cm³/mol. The van der Waals surface area contributed by atoms with Gasteiger partial charge in [0.05, 0.1) is 4.47 Å². The first-order chi connectivity index (χ1) is 5.15. The van der Waals surface area contributed by atoms with Crippen molar-refractivity contribution >= 4 is 21.6 Å². The summed E-state index contributed by atoms with van der Waals surface area (Å²) >= 11 is 2.84. The largest absolute Gasteiger partial charge is 0.505 e. The van der Waals surface area contributed by atoms with Crippen molar-refractivity contribution < 1.29 is 9.50 Å². The van der Waals surface area contributed by atoms with Crippen LogP contribution < -0.4 is 0 Å². The first kappa shape index (κ1) is 8.13. The summed E-state index contributed by atoms with van der Waals surface area (Å²) in [6.45, 7) is 0. The molecule has 0 unspecified atom stereocenters. The van der Waals surface area contributed by atoms with Crippen molar-refractivity contribution in [2.45, 2.75) is 0 Å². The van der Waals surface area contributed by atoms with Gasteiger partial charge in [0, 0.05) is 6.07 Å². The smallest absolute Gasteiger partial charge is 0.150 e. The molecule has 11 heavy (non-hydrogen) atoms. The summed E-state index contributed by atoms with van der Waals surface area (Å²) in [5, 5.41) is 11.3. The van der Waals surface area contributed by atoms with Gasteiger partial charge in [-0.3, -0.25) is 0 Å². The SMILES string of the molecule is O=Nc1cc(Br)c(F)cc1O. The Hall–Kier alpha value is -0.970. The summed E-state index contributed by atoms with van der Waals surface area (Å²) in [5.41, 5.74) is -0.182. The number of rotatable bonds is 1. The van der Waals surface area contributed by atoms with Gasteiger partial charge in [-0.15, -0.1) is 4.91 Å². The van der Waals surface area contributed by atoms with Crippen molar-refractivity contribution in [3.63, 3.8) is 0 Å². The fourth-order valence-electron chi connectivity index (χ4n) is 0.599. The van der Waals surface area contributed by atoms with Crippen LogP contribution in [0.5, 0.6) is 5.75 Å². The Balaban J connectivity index is 3.31. The monoisotopic (exact) mass is 219 g/mol. The Morgan fingerprint density at radius 3 is 2.73 bits per heavy atom. The molecule has 0 atom stereocenters. The lowest BCUT2D eigenvalue weighted by Crippen LogP contribution is -1.76. The molecule has 0 fully saturated rings. The maximum absolute atomic E-state index is 12.5. The lowest BCUT2D eigenvalue weighted by molar-refractivity contribution is 0.470. The van der Waals surface area contributed by atoms with Crippen LogP contribution in [0, 0.1) is 10.7 Å². The van der Waals surface area contributed by atoms with Gasteiger partial charge in [-0.2, -0.15) is 0 Å². The summed E-state index contributed by atoms with van der Waals surface area (Å²) in [6.07, 6.45) is 0. The van der Waals surface area contributed by atoms with Crippen molar-refractivity contribution in [1.29, 1.82) is 0 Å². The van der Waals surface area contributed by atoms with Crippen molar-refractivity contribution in [2.75, 3.05) is 0 Å². The van der Waals surface area contributed by atoms with Crippen LogP contribution in [0.3, 0.4) is 0 Å². The molecule has 1 N–H and O–H groups in total. The van der Waals surface area contributed by atoms with E-state index in [0.29, 0.717) is 0 Å². The molecule has 0 aliphatic heterocycles. The van der Waals surface area contributed by atoms with Crippen LogP contribution in [-0.4, -0.2) is 5.11 Å². The van der Waals surface area contributed by atoms with E-state index in [1.807, 2.05) is 0 Å². The number of benzene rings is 1. The minimum atomic E-state index is -0.630. The van der Waals surface area contributed by atoms with Crippen molar-refractivity contribution in [3.05, 3.63) is 27.3 Å². The third-order valence-electron chi connectivity index (χ3n) is 1.12. The molecule has 1 aromatic rings. The second kappa shape index (κ2) is 2.96. The van der Waals surface area contributed by atoms with Crippen LogP contribution in [0.1, 0.15) is 0 Å². The average Bonchev–Trinajstić information content (AvgIpc) is 1.97. The molecule has 1 rings (SSSR count). The van der Waals surface area contributed by atoms with Crippen LogP contribution in [0.25, 0.3) is 0 Å². The Bertz CT molecular complexity index is 303. The number of hydrogen-bond acceptors (Lipinski definition) is 3. The van der Waals surface area contributed by atoms with Gasteiger partial charge in [-0.1, -0.05) is 0 Å². The third kappa shape index (κ3) is 1.54. The van der Waals surface area contributed by atoms with Crippen LogP contribution in [0.2, 0.25) is 0 Å². The Morgan fingerprint density at radius 1 is 1.55 bits per heavy atom. The molecule has 1 aromatic carbocycles. The zero-order valence-electron chi connectivity index (χ0n) is 5.21. The maximum atomic E-state index is 12.5. The van der Waals surface area contributed by atoms with E-state index in [9.17, 15) is 9.30 Å². The quantitative estimate of drug-likeness (QED) is 0.739. The van der Waals surface area contributed by atoms with Gasteiger partial charge in [0.25, 0.3) is 0 Å². The number of halogens is 2. The van der Waals surface area contributed by atoms with Crippen LogP contribution in [0.15, 0.2) is 21.8 Å². The molecule has 0 aliphatic rings. The number of nitroso groups, excluding NO2 is 1. The van der Waals surface area contributed by atoms with Gasteiger partial charge in [-0.05, 0) is 27.2 Å². The molecule has 0 aliphatic carbocycles. The predicted octanol–water partition coefficient (Wildman–Crippen LogP) is 2.69. The molecule has 58 valence electrons. The topological polar surface area (TPSA) is 49.7 Å². The molecule has 0 radical (unpaired) electrons. The Kier molecular flexibility index (Phi) is 2.19. The highest BCUT2D eigenvalue weighted by Gasteiger charge is 2.06. The van der Waals surface area contributed by atoms with E-state index >= 15 is 0 Å². The zero-order chi connectivity index (χ0) is 8.43. The molecule has 0 bridgehead atoms. The number of hydrogen-bond donors (Lipinski definition) is 1. The Morgan fingerprint density at radius 2 is 2.18 bits per heavy atom. The molecule has 0 heterocycles. The summed E-state index contributed by atoms with van der Waals surface area (Å²) < 4.78 is 12.6. The normalized spacial score (nSPS) is 9.64.